The van der Waals surface area contributed by atoms with Crippen molar-refractivity contribution in [2.45, 2.75) is 18.5 Å². The molecule has 2 heterocycles. The highest BCUT2D eigenvalue weighted by atomic mass is 35.5. The Hall–Kier alpha value is -2.66. The van der Waals surface area contributed by atoms with Gasteiger partial charge in [0.05, 0.1) is 5.70 Å². The Morgan fingerprint density at radius 2 is 1.78 bits per heavy atom. The molecule has 2 aliphatic rings. The Labute approximate surface area is 163 Å². The molecule has 0 saturated carbocycles. The first-order valence-electron chi connectivity index (χ1n) is 9.13. The summed E-state index contributed by atoms with van der Waals surface area (Å²) in [6.45, 7) is 1.85. The number of hydrogen-bond donors (Lipinski definition) is 1. The number of para-hydroxylation sites is 1. The van der Waals surface area contributed by atoms with Gasteiger partial charge in [0.15, 0.2) is 5.66 Å². The van der Waals surface area contributed by atoms with Crippen LogP contribution in [0.3, 0.4) is 0 Å². The van der Waals surface area contributed by atoms with Gasteiger partial charge in [-0.2, -0.15) is 10.2 Å². The van der Waals surface area contributed by atoms with Gasteiger partial charge in [-0.05, 0) is 43.2 Å². The number of nitrogens with one attached hydrogen (secondary N) is 1. The maximum atomic E-state index is 11.3. The van der Waals surface area contributed by atoms with Gasteiger partial charge in [-0.1, -0.05) is 41.9 Å². The van der Waals surface area contributed by atoms with E-state index in [1.807, 2.05) is 36.4 Å². The molecule has 4 rings (SSSR count). The molecule has 138 valence electrons. The van der Waals surface area contributed by atoms with Crippen molar-refractivity contribution >= 4 is 29.4 Å². The molecule has 6 heteroatoms. The SMILES string of the molecule is O=CNC1(C2CCN(c3ccccc3)CC2)C=C(c2ccc(Cl)cc2)N=N1. The molecule has 0 aromatic heterocycles. The van der Waals surface area contributed by atoms with Gasteiger partial charge in [0.25, 0.3) is 0 Å². The minimum absolute atomic E-state index is 0.205. The number of anilines is 1. The monoisotopic (exact) mass is 380 g/mol. The van der Waals surface area contributed by atoms with E-state index < -0.39 is 5.66 Å². The molecule has 0 bridgehead atoms. The Morgan fingerprint density at radius 1 is 1.07 bits per heavy atom. The minimum Gasteiger partial charge on any atom is -0.372 e. The van der Waals surface area contributed by atoms with E-state index >= 15 is 0 Å². The van der Waals surface area contributed by atoms with Gasteiger partial charge in [0.1, 0.15) is 0 Å². The zero-order valence-corrected chi connectivity index (χ0v) is 15.6. The second kappa shape index (κ2) is 7.53. The normalized spacial score (nSPS) is 22.6. The number of nitrogens with zero attached hydrogens (tertiary/aromatic N) is 3. The van der Waals surface area contributed by atoms with E-state index in [0.29, 0.717) is 5.02 Å². The highest BCUT2D eigenvalue weighted by molar-refractivity contribution is 6.30. The highest BCUT2D eigenvalue weighted by Crippen LogP contribution is 2.39. The average molecular weight is 381 g/mol. The molecule has 2 aromatic rings. The average Bonchev–Trinajstić information content (AvgIpc) is 3.15. The van der Waals surface area contributed by atoms with Crippen molar-refractivity contribution in [3.05, 3.63) is 71.3 Å². The quantitative estimate of drug-likeness (QED) is 0.776. The number of carbonyl (C=O) groups is 1. The third-order valence-corrected chi connectivity index (χ3v) is 5.60. The van der Waals surface area contributed by atoms with Gasteiger partial charge >= 0.3 is 0 Å². The summed E-state index contributed by atoms with van der Waals surface area (Å²) in [5.41, 5.74) is 2.18. The van der Waals surface area contributed by atoms with E-state index in [2.05, 4.69) is 44.7 Å². The Kier molecular flexibility index (Phi) is 4.94. The van der Waals surface area contributed by atoms with Gasteiger partial charge in [0.2, 0.25) is 6.41 Å². The first kappa shape index (κ1) is 17.7. The number of azo groups is 1. The number of benzene rings is 2. The number of amides is 1. The smallest absolute Gasteiger partial charge is 0.209 e. The Bertz CT molecular complexity index is 858. The van der Waals surface area contributed by atoms with Crippen molar-refractivity contribution < 1.29 is 4.79 Å². The van der Waals surface area contributed by atoms with Crippen LogP contribution in [0.15, 0.2) is 70.9 Å². The number of rotatable bonds is 5. The van der Waals surface area contributed by atoms with Gasteiger partial charge in [-0.3, -0.25) is 4.79 Å². The lowest BCUT2D eigenvalue weighted by atomic mass is 9.83. The second-order valence-electron chi connectivity index (χ2n) is 6.92. The van der Waals surface area contributed by atoms with Gasteiger partial charge in [-0.25, -0.2) is 0 Å². The first-order chi connectivity index (χ1) is 13.2. The predicted molar refractivity (Wildman–Crippen MR) is 108 cm³/mol. The lowest BCUT2D eigenvalue weighted by molar-refractivity contribution is -0.111. The Morgan fingerprint density at radius 3 is 2.44 bits per heavy atom. The van der Waals surface area contributed by atoms with Crippen LogP contribution < -0.4 is 10.2 Å². The van der Waals surface area contributed by atoms with E-state index in [9.17, 15) is 4.79 Å². The molecule has 1 saturated heterocycles. The third kappa shape index (κ3) is 3.60. The lowest BCUT2D eigenvalue weighted by Gasteiger charge is -2.39. The van der Waals surface area contributed by atoms with Crippen molar-refractivity contribution in [1.29, 1.82) is 0 Å². The molecule has 0 radical (unpaired) electrons. The van der Waals surface area contributed by atoms with Crippen LogP contribution in [0, 0.1) is 5.92 Å². The minimum atomic E-state index is -0.764. The van der Waals surface area contributed by atoms with Crippen molar-refractivity contribution in [1.82, 2.24) is 5.32 Å². The molecule has 2 aliphatic heterocycles. The number of carbonyl (C=O) groups excluding carboxylic acids is 1. The van der Waals surface area contributed by atoms with E-state index in [4.69, 9.17) is 11.6 Å². The zero-order chi connectivity index (χ0) is 18.7. The summed E-state index contributed by atoms with van der Waals surface area (Å²) in [5, 5.41) is 12.5. The summed E-state index contributed by atoms with van der Waals surface area (Å²) in [6.07, 6.45) is 4.57. The summed E-state index contributed by atoms with van der Waals surface area (Å²) >= 11 is 5.97. The largest absolute Gasteiger partial charge is 0.372 e. The molecular weight excluding hydrogens is 360 g/mol. The predicted octanol–water partition coefficient (Wildman–Crippen LogP) is 4.51. The van der Waals surface area contributed by atoms with Crippen LogP contribution in [-0.4, -0.2) is 25.2 Å². The number of piperidine rings is 1. The topological polar surface area (TPSA) is 57.1 Å². The molecule has 0 spiro atoms. The molecule has 1 N–H and O–H groups in total. The van der Waals surface area contributed by atoms with Gasteiger partial charge in [-0.15, -0.1) is 0 Å². The van der Waals surface area contributed by atoms with Crippen LogP contribution in [0.4, 0.5) is 5.69 Å². The van der Waals surface area contributed by atoms with Crippen LogP contribution in [0.1, 0.15) is 18.4 Å². The summed E-state index contributed by atoms with van der Waals surface area (Å²) in [4.78, 5) is 13.7. The fourth-order valence-electron chi connectivity index (χ4n) is 3.86. The van der Waals surface area contributed by atoms with Crippen molar-refractivity contribution in [2.24, 2.45) is 16.1 Å². The van der Waals surface area contributed by atoms with Crippen molar-refractivity contribution in [3.63, 3.8) is 0 Å². The van der Waals surface area contributed by atoms with Crippen LogP contribution in [-0.2, 0) is 4.79 Å². The second-order valence-corrected chi connectivity index (χ2v) is 7.36. The molecule has 27 heavy (non-hydrogen) atoms. The lowest BCUT2D eigenvalue weighted by Crippen LogP contribution is -2.50. The van der Waals surface area contributed by atoms with Crippen LogP contribution in [0.25, 0.3) is 5.70 Å². The van der Waals surface area contributed by atoms with E-state index in [1.165, 1.54) is 5.69 Å². The Balaban J connectivity index is 1.53. The number of hydrogen-bond acceptors (Lipinski definition) is 4. The zero-order valence-electron chi connectivity index (χ0n) is 14.9. The fourth-order valence-corrected chi connectivity index (χ4v) is 3.99. The van der Waals surface area contributed by atoms with Crippen LogP contribution in [0.2, 0.25) is 5.02 Å². The molecule has 1 atom stereocenters. The van der Waals surface area contributed by atoms with E-state index in [-0.39, 0.29) is 5.92 Å². The van der Waals surface area contributed by atoms with Crippen molar-refractivity contribution in [3.8, 4) is 0 Å². The summed E-state index contributed by atoms with van der Waals surface area (Å²) in [5.74, 6) is 0.205. The molecule has 5 nitrogen and oxygen atoms in total. The molecule has 2 aromatic carbocycles. The molecule has 1 fully saturated rings. The van der Waals surface area contributed by atoms with Gasteiger partial charge in [0, 0.05) is 35.3 Å². The van der Waals surface area contributed by atoms with E-state index in [1.54, 1.807) is 0 Å². The standard InChI is InChI=1S/C21H21ClN4O/c22-18-8-6-16(7-9-18)20-14-21(23-15-27,25-24-20)17-10-12-26(13-11-17)19-4-2-1-3-5-19/h1-9,14-15,17H,10-13H2,(H,23,27). The maximum absolute atomic E-state index is 11.3. The summed E-state index contributed by atoms with van der Waals surface area (Å²) in [6, 6.07) is 17.9. The van der Waals surface area contributed by atoms with Crippen molar-refractivity contribution in [2.75, 3.05) is 18.0 Å². The van der Waals surface area contributed by atoms with Gasteiger partial charge < -0.3 is 10.2 Å². The maximum Gasteiger partial charge on any atom is 0.209 e. The third-order valence-electron chi connectivity index (χ3n) is 5.35. The van der Waals surface area contributed by atoms with Crippen LogP contribution >= 0.6 is 11.6 Å². The fraction of sp³-hybridized carbons (Fsp3) is 0.286. The molecule has 1 unspecified atom stereocenters. The highest BCUT2D eigenvalue weighted by Gasteiger charge is 2.42. The summed E-state index contributed by atoms with van der Waals surface area (Å²) in [7, 11) is 0. The summed E-state index contributed by atoms with van der Waals surface area (Å²) < 4.78 is 0. The molecular formula is C21H21ClN4O. The molecule has 0 aliphatic carbocycles. The number of halogens is 1. The molecule has 1 amide bonds. The first-order valence-corrected chi connectivity index (χ1v) is 9.51. The van der Waals surface area contributed by atoms with Crippen LogP contribution in [0.5, 0.6) is 0 Å². The van der Waals surface area contributed by atoms with E-state index in [0.717, 1.165) is 43.6 Å².